The fraction of sp³-hybridized carbons (Fsp3) is 0.600. The molecule has 0 saturated heterocycles. The molecule has 0 aliphatic heterocycles. The molecule has 0 aromatic rings. The Bertz CT molecular complexity index is 256. The lowest BCUT2D eigenvalue weighted by molar-refractivity contribution is -0.117. The molecule has 0 rings (SSSR count). The van der Waals surface area contributed by atoms with Gasteiger partial charge in [-0.2, -0.15) is 0 Å². The molecule has 0 heterocycles. The van der Waals surface area contributed by atoms with Crippen molar-refractivity contribution in [2.75, 3.05) is 12.3 Å². The summed E-state index contributed by atoms with van der Waals surface area (Å²) in [5, 5.41) is 13.7. The maximum Gasteiger partial charge on any atom is 0.321 e. The van der Waals surface area contributed by atoms with Crippen molar-refractivity contribution in [3.05, 3.63) is 12.7 Å². The lowest BCUT2D eigenvalue weighted by Crippen LogP contribution is -2.40. The topological polar surface area (TPSA) is 78.4 Å². The molecule has 92 valence electrons. The molecule has 0 aromatic carbocycles. The van der Waals surface area contributed by atoms with Crippen LogP contribution in [-0.4, -0.2) is 40.7 Å². The standard InChI is InChI=1S/C10H18N2O3S/c1-4-5-11-10(15)12-9(14)6-16-8(3)7(2)13/h4,7-8,13H,1,5-6H2,2-3H3,(H2,11,12,14,15). The van der Waals surface area contributed by atoms with E-state index >= 15 is 0 Å². The van der Waals surface area contributed by atoms with Crippen LogP contribution in [0.1, 0.15) is 13.8 Å². The van der Waals surface area contributed by atoms with Crippen LogP contribution in [0.25, 0.3) is 0 Å². The highest BCUT2D eigenvalue weighted by Gasteiger charge is 2.12. The van der Waals surface area contributed by atoms with Crippen LogP contribution in [0.5, 0.6) is 0 Å². The lowest BCUT2D eigenvalue weighted by atomic mass is 10.3. The minimum Gasteiger partial charge on any atom is -0.392 e. The predicted molar refractivity (Wildman–Crippen MR) is 65.3 cm³/mol. The Morgan fingerprint density at radius 2 is 2.12 bits per heavy atom. The number of amides is 3. The van der Waals surface area contributed by atoms with Crippen LogP contribution in [-0.2, 0) is 4.79 Å². The molecule has 0 aromatic heterocycles. The number of thioether (sulfide) groups is 1. The first-order valence-electron chi connectivity index (χ1n) is 4.95. The molecule has 16 heavy (non-hydrogen) atoms. The molecule has 2 atom stereocenters. The zero-order valence-electron chi connectivity index (χ0n) is 9.53. The van der Waals surface area contributed by atoms with Crippen LogP contribution in [0, 0.1) is 0 Å². The van der Waals surface area contributed by atoms with Crippen molar-refractivity contribution in [2.45, 2.75) is 25.2 Å². The molecule has 3 amide bonds. The number of carbonyl (C=O) groups excluding carboxylic acids is 2. The Hall–Kier alpha value is -1.01. The smallest absolute Gasteiger partial charge is 0.321 e. The molecule has 0 fully saturated rings. The molecular weight excluding hydrogens is 228 g/mol. The summed E-state index contributed by atoms with van der Waals surface area (Å²) in [6.45, 7) is 7.23. The van der Waals surface area contributed by atoms with E-state index in [-0.39, 0.29) is 16.9 Å². The maximum atomic E-state index is 11.2. The van der Waals surface area contributed by atoms with Gasteiger partial charge >= 0.3 is 6.03 Å². The molecule has 0 aliphatic rings. The van der Waals surface area contributed by atoms with Crippen molar-refractivity contribution in [3.8, 4) is 0 Å². The third-order valence-electron chi connectivity index (χ3n) is 1.82. The Balaban J connectivity index is 3.73. The SMILES string of the molecule is C=CCNC(=O)NC(=O)CSC(C)C(C)O. The van der Waals surface area contributed by atoms with E-state index in [0.717, 1.165) is 0 Å². The maximum absolute atomic E-state index is 11.2. The van der Waals surface area contributed by atoms with Crippen molar-refractivity contribution < 1.29 is 14.7 Å². The van der Waals surface area contributed by atoms with E-state index in [1.54, 1.807) is 6.92 Å². The Kier molecular flexibility index (Phi) is 7.66. The molecule has 0 bridgehead atoms. The third-order valence-corrected chi connectivity index (χ3v) is 3.17. The number of urea groups is 1. The number of rotatable bonds is 6. The van der Waals surface area contributed by atoms with Crippen LogP contribution < -0.4 is 10.6 Å². The average Bonchev–Trinajstić information content (AvgIpc) is 2.22. The molecule has 3 N–H and O–H groups in total. The van der Waals surface area contributed by atoms with Gasteiger partial charge in [-0.15, -0.1) is 18.3 Å². The zero-order valence-corrected chi connectivity index (χ0v) is 10.3. The Morgan fingerprint density at radius 1 is 1.50 bits per heavy atom. The van der Waals surface area contributed by atoms with Crippen LogP contribution in [0.4, 0.5) is 4.79 Å². The van der Waals surface area contributed by atoms with Gasteiger partial charge in [-0.1, -0.05) is 13.0 Å². The van der Waals surface area contributed by atoms with E-state index in [9.17, 15) is 14.7 Å². The number of imide groups is 1. The van der Waals surface area contributed by atoms with Crippen LogP contribution >= 0.6 is 11.8 Å². The number of hydrogen-bond acceptors (Lipinski definition) is 4. The van der Waals surface area contributed by atoms with Gasteiger partial charge in [-0.05, 0) is 6.92 Å². The largest absolute Gasteiger partial charge is 0.392 e. The molecule has 0 saturated carbocycles. The highest BCUT2D eigenvalue weighted by molar-refractivity contribution is 8.00. The molecule has 5 nitrogen and oxygen atoms in total. The summed E-state index contributed by atoms with van der Waals surface area (Å²) >= 11 is 1.30. The van der Waals surface area contributed by atoms with Crippen LogP contribution in [0.2, 0.25) is 0 Å². The molecule has 2 unspecified atom stereocenters. The molecule has 0 spiro atoms. The molecule has 0 radical (unpaired) electrons. The van der Waals surface area contributed by atoms with Crippen LogP contribution in [0.15, 0.2) is 12.7 Å². The number of carbonyl (C=O) groups is 2. The Labute approximate surface area is 99.7 Å². The van der Waals surface area contributed by atoms with Crippen molar-refractivity contribution in [1.82, 2.24) is 10.6 Å². The summed E-state index contributed by atoms with van der Waals surface area (Å²) < 4.78 is 0. The third kappa shape index (κ3) is 7.30. The van der Waals surface area contributed by atoms with Gasteiger partial charge in [-0.3, -0.25) is 10.1 Å². The number of nitrogens with one attached hydrogen (secondary N) is 2. The highest BCUT2D eigenvalue weighted by atomic mass is 32.2. The fourth-order valence-electron chi connectivity index (χ4n) is 0.718. The number of aliphatic hydroxyl groups is 1. The van der Waals surface area contributed by atoms with Gasteiger partial charge in [0.15, 0.2) is 0 Å². The first-order valence-corrected chi connectivity index (χ1v) is 6.00. The monoisotopic (exact) mass is 246 g/mol. The molecular formula is C10H18N2O3S. The van der Waals surface area contributed by atoms with Crippen molar-refractivity contribution in [1.29, 1.82) is 0 Å². The second kappa shape index (κ2) is 8.18. The van der Waals surface area contributed by atoms with E-state index in [0.29, 0.717) is 6.54 Å². The zero-order chi connectivity index (χ0) is 12.6. The van der Waals surface area contributed by atoms with E-state index in [4.69, 9.17) is 0 Å². The highest BCUT2D eigenvalue weighted by Crippen LogP contribution is 2.13. The van der Waals surface area contributed by atoms with Crippen molar-refractivity contribution >= 4 is 23.7 Å². The van der Waals surface area contributed by atoms with E-state index in [1.807, 2.05) is 6.92 Å². The number of hydrogen-bond donors (Lipinski definition) is 3. The summed E-state index contributed by atoms with van der Waals surface area (Å²) in [6.07, 6.45) is 1.04. The van der Waals surface area contributed by atoms with Gasteiger partial charge in [0.2, 0.25) is 5.91 Å². The normalized spacial score (nSPS) is 13.7. The predicted octanol–water partition coefficient (Wildman–Crippen LogP) is 0.501. The summed E-state index contributed by atoms with van der Waals surface area (Å²) in [4.78, 5) is 22.3. The molecule has 6 heteroatoms. The first kappa shape index (κ1) is 15.0. The lowest BCUT2D eigenvalue weighted by Gasteiger charge is -2.13. The van der Waals surface area contributed by atoms with Gasteiger partial charge < -0.3 is 10.4 Å². The van der Waals surface area contributed by atoms with Gasteiger partial charge in [-0.25, -0.2) is 4.79 Å². The quantitative estimate of drug-likeness (QED) is 0.596. The summed E-state index contributed by atoms with van der Waals surface area (Å²) in [5.41, 5.74) is 0. The van der Waals surface area contributed by atoms with Gasteiger partial charge in [0.1, 0.15) is 0 Å². The second-order valence-electron chi connectivity index (χ2n) is 3.30. The second-order valence-corrected chi connectivity index (χ2v) is 4.67. The fourth-order valence-corrected chi connectivity index (χ4v) is 1.48. The van der Waals surface area contributed by atoms with Gasteiger partial charge in [0.05, 0.1) is 11.9 Å². The van der Waals surface area contributed by atoms with Crippen molar-refractivity contribution in [3.63, 3.8) is 0 Å². The van der Waals surface area contributed by atoms with E-state index in [1.165, 1.54) is 17.8 Å². The van der Waals surface area contributed by atoms with Gasteiger partial charge in [0, 0.05) is 11.8 Å². The van der Waals surface area contributed by atoms with E-state index in [2.05, 4.69) is 17.2 Å². The van der Waals surface area contributed by atoms with E-state index < -0.39 is 12.1 Å². The first-order chi connectivity index (χ1) is 7.47. The minimum atomic E-state index is -0.532. The number of aliphatic hydroxyl groups excluding tert-OH is 1. The van der Waals surface area contributed by atoms with Crippen LogP contribution in [0.3, 0.4) is 0 Å². The summed E-state index contributed by atoms with van der Waals surface area (Å²) in [7, 11) is 0. The van der Waals surface area contributed by atoms with Crippen molar-refractivity contribution in [2.24, 2.45) is 0 Å². The average molecular weight is 246 g/mol. The minimum absolute atomic E-state index is 0.0398. The summed E-state index contributed by atoms with van der Waals surface area (Å²) in [5.74, 6) is -0.229. The molecule has 0 aliphatic carbocycles. The summed E-state index contributed by atoms with van der Waals surface area (Å²) in [6, 6.07) is -0.532. The Morgan fingerprint density at radius 3 is 2.62 bits per heavy atom. The van der Waals surface area contributed by atoms with Gasteiger partial charge in [0.25, 0.3) is 0 Å².